The first-order valence-electron chi connectivity index (χ1n) is 9.91. The molecule has 0 spiro atoms. The van der Waals surface area contributed by atoms with E-state index in [1.807, 2.05) is 35.0 Å². The van der Waals surface area contributed by atoms with E-state index >= 15 is 0 Å². The van der Waals surface area contributed by atoms with Gasteiger partial charge in [0.05, 0.1) is 18.8 Å². The third-order valence-corrected chi connectivity index (χ3v) is 4.68. The highest BCUT2D eigenvalue weighted by Crippen LogP contribution is 2.37. The normalized spacial score (nSPS) is 14.6. The maximum atomic E-state index is 11.8. The van der Waals surface area contributed by atoms with Crippen molar-refractivity contribution in [2.75, 3.05) is 13.2 Å². The molecule has 3 rings (SSSR count). The van der Waals surface area contributed by atoms with E-state index < -0.39 is 18.2 Å². The Kier molecular flexibility index (Phi) is 6.53. The Morgan fingerprint density at radius 3 is 2.33 bits per heavy atom. The van der Waals surface area contributed by atoms with Crippen LogP contribution in [0, 0.1) is 0 Å². The highest BCUT2D eigenvalue weighted by Gasteiger charge is 2.29. The molecule has 2 aromatic rings. The summed E-state index contributed by atoms with van der Waals surface area (Å²) >= 11 is 0. The van der Waals surface area contributed by atoms with Crippen LogP contribution in [-0.4, -0.2) is 25.2 Å². The second-order valence-electron chi connectivity index (χ2n) is 8.23. The summed E-state index contributed by atoms with van der Waals surface area (Å²) in [5.74, 6) is -0.511. The van der Waals surface area contributed by atoms with Gasteiger partial charge in [-0.15, -0.1) is 0 Å². The lowest BCUT2D eigenvalue weighted by molar-refractivity contribution is -0.701. The summed E-state index contributed by atoms with van der Waals surface area (Å²) in [4.78, 5) is 23.5. The molecule has 1 aliphatic heterocycles. The summed E-state index contributed by atoms with van der Waals surface area (Å²) < 4.78 is 24.2. The Labute approximate surface area is 176 Å². The molecule has 0 atom stereocenters. The molecule has 7 heteroatoms. The molecule has 1 saturated heterocycles. The molecule has 160 valence electrons. The van der Waals surface area contributed by atoms with Crippen LogP contribution < -0.4 is 14.0 Å². The van der Waals surface area contributed by atoms with E-state index in [-0.39, 0.29) is 16.9 Å². The molecule has 1 aliphatic rings. The van der Waals surface area contributed by atoms with Crippen LogP contribution in [0.15, 0.2) is 36.5 Å². The number of nitrogens with zero attached hydrogens (tertiary/aromatic N) is 1. The molecule has 1 aromatic carbocycles. The van der Waals surface area contributed by atoms with E-state index in [1.54, 1.807) is 6.07 Å². The van der Waals surface area contributed by atoms with Gasteiger partial charge in [0.15, 0.2) is 24.2 Å². The van der Waals surface area contributed by atoms with E-state index in [1.165, 1.54) is 13.8 Å². The summed E-state index contributed by atoms with van der Waals surface area (Å²) in [6.07, 6.45) is 1.45. The molecule has 0 unspecified atom stereocenters. The molecule has 1 aromatic heterocycles. The highest BCUT2D eigenvalue weighted by molar-refractivity contribution is 5.74. The van der Waals surface area contributed by atoms with Crippen LogP contribution in [-0.2, 0) is 31.0 Å². The fraction of sp³-hybridized carbons (Fsp3) is 0.435. The maximum Gasteiger partial charge on any atom is 0.308 e. The van der Waals surface area contributed by atoms with Crippen molar-refractivity contribution in [2.45, 2.75) is 52.9 Å². The molecule has 7 nitrogen and oxygen atoms in total. The van der Waals surface area contributed by atoms with Gasteiger partial charge in [-0.2, -0.15) is 4.57 Å². The molecule has 0 aliphatic carbocycles. The third kappa shape index (κ3) is 5.23. The van der Waals surface area contributed by atoms with Crippen molar-refractivity contribution in [3.8, 4) is 11.5 Å². The van der Waals surface area contributed by atoms with Crippen molar-refractivity contribution in [2.24, 2.45) is 0 Å². The number of hydrogen-bond acceptors (Lipinski definition) is 6. The van der Waals surface area contributed by atoms with Crippen LogP contribution in [0.1, 0.15) is 57.7 Å². The quantitative estimate of drug-likeness (QED) is 0.425. The Hall–Kier alpha value is -2.77. The van der Waals surface area contributed by atoms with Gasteiger partial charge >= 0.3 is 11.9 Å². The van der Waals surface area contributed by atoms with Gasteiger partial charge < -0.3 is 18.9 Å². The molecule has 0 N–H and O–H groups in total. The molecule has 1 fully saturated rings. The van der Waals surface area contributed by atoms with Crippen molar-refractivity contribution in [1.82, 2.24) is 0 Å². The second kappa shape index (κ2) is 8.93. The zero-order valence-electron chi connectivity index (χ0n) is 18.1. The topological polar surface area (TPSA) is 74.9 Å². The number of carbonyl (C=O) groups is 2. The molecular weight excluding hydrogens is 386 g/mol. The van der Waals surface area contributed by atoms with Gasteiger partial charge in [-0.25, -0.2) is 0 Å². The predicted octanol–water partition coefficient (Wildman–Crippen LogP) is 3.22. The van der Waals surface area contributed by atoms with Crippen LogP contribution in [0.3, 0.4) is 0 Å². The average Bonchev–Trinajstić information content (AvgIpc) is 3.17. The fourth-order valence-electron chi connectivity index (χ4n) is 3.26. The van der Waals surface area contributed by atoms with Crippen LogP contribution >= 0.6 is 0 Å². The first-order chi connectivity index (χ1) is 14.1. The number of aromatic nitrogens is 1. The van der Waals surface area contributed by atoms with E-state index in [9.17, 15) is 9.59 Å². The van der Waals surface area contributed by atoms with Gasteiger partial charge in [-0.1, -0.05) is 20.8 Å². The molecule has 0 bridgehead atoms. The minimum atomic E-state index is -0.492. The largest absolute Gasteiger partial charge is 0.423 e. The highest BCUT2D eigenvalue weighted by atomic mass is 16.7. The summed E-state index contributed by atoms with van der Waals surface area (Å²) in [5, 5.41) is 0. The predicted molar refractivity (Wildman–Crippen MR) is 108 cm³/mol. The Morgan fingerprint density at radius 1 is 1.07 bits per heavy atom. The number of esters is 2. The van der Waals surface area contributed by atoms with E-state index in [2.05, 4.69) is 20.8 Å². The zero-order valence-corrected chi connectivity index (χ0v) is 18.1. The van der Waals surface area contributed by atoms with Crippen molar-refractivity contribution < 1.29 is 33.1 Å². The van der Waals surface area contributed by atoms with E-state index in [4.69, 9.17) is 18.9 Å². The number of carbonyl (C=O) groups excluding carboxylic acids is 2. The van der Waals surface area contributed by atoms with Crippen molar-refractivity contribution in [1.29, 1.82) is 0 Å². The summed E-state index contributed by atoms with van der Waals surface area (Å²) in [7, 11) is 0. The van der Waals surface area contributed by atoms with Crippen molar-refractivity contribution >= 4 is 11.9 Å². The van der Waals surface area contributed by atoms with Crippen molar-refractivity contribution in [3.05, 3.63) is 53.3 Å². The fourth-order valence-corrected chi connectivity index (χ4v) is 3.26. The summed E-state index contributed by atoms with van der Waals surface area (Å²) in [5.41, 5.74) is 2.31. The SMILES string of the molecule is CC(=O)Oc1cc(C(C)(C)C)cc(C[n+]2ccccc2C2OCCO2)c1OC(C)=O. The van der Waals surface area contributed by atoms with Crippen molar-refractivity contribution in [3.63, 3.8) is 0 Å². The summed E-state index contributed by atoms with van der Waals surface area (Å²) in [6.45, 7) is 10.3. The molecule has 0 amide bonds. The number of hydrogen-bond donors (Lipinski definition) is 0. The van der Waals surface area contributed by atoms with Crippen LogP contribution in [0.25, 0.3) is 0 Å². The number of ether oxygens (including phenoxy) is 4. The number of rotatable bonds is 5. The monoisotopic (exact) mass is 414 g/mol. The minimum Gasteiger partial charge on any atom is -0.423 e. The average molecular weight is 414 g/mol. The Morgan fingerprint density at radius 2 is 1.73 bits per heavy atom. The van der Waals surface area contributed by atoms with Gasteiger partial charge in [-0.05, 0) is 29.2 Å². The van der Waals surface area contributed by atoms with E-state index in [0.717, 1.165) is 11.3 Å². The van der Waals surface area contributed by atoms with Crippen LogP contribution in [0.4, 0.5) is 0 Å². The molecule has 0 radical (unpaired) electrons. The maximum absolute atomic E-state index is 11.8. The smallest absolute Gasteiger partial charge is 0.308 e. The van der Waals surface area contributed by atoms with Gasteiger partial charge in [0.1, 0.15) is 0 Å². The molecule has 30 heavy (non-hydrogen) atoms. The summed E-state index contributed by atoms with van der Waals surface area (Å²) in [6, 6.07) is 9.49. The Balaban J connectivity index is 2.12. The minimum absolute atomic E-state index is 0.208. The number of benzene rings is 1. The lowest BCUT2D eigenvalue weighted by Gasteiger charge is -2.22. The number of pyridine rings is 1. The van der Waals surface area contributed by atoms with Gasteiger partial charge in [0, 0.05) is 26.0 Å². The second-order valence-corrected chi connectivity index (χ2v) is 8.23. The third-order valence-electron chi connectivity index (χ3n) is 4.68. The van der Waals surface area contributed by atoms with Gasteiger partial charge in [0.2, 0.25) is 12.0 Å². The molecule has 2 heterocycles. The Bertz CT molecular complexity index is 941. The lowest BCUT2D eigenvalue weighted by atomic mass is 9.85. The van der Waals surface area contributed by atoms with E-state index in [0.29, 0.717) is 25.3 Å². The first kappa shape index (κ1) is 21.9. The van der Waals surface area contributed by atoms with Gasteiger partial charge in [0.25, 0.3) is 0 Å². The standard InChI is InChI=1S/C23H28NO6/c1-15(25)29-20-13-18(23(3,4)5)12-17(21(20)30-16(2)26)14-24-9-7-6-8-19(24)22-27-10-11-28-22/h6-9,12-13,22H,10-11,14H2,1-5H3/q+1. The molecular formula is C23H28NO6+. The first-order valence-corrected chi connectivity index (χ1v) is 9.91. The van der Waals surface area contributed by atoms with Crippen LogP contribution in [0.5, 0.6) is 11.5 Å². The van der Waals surface area contributed by atoms with Crippen LogP contribution in [0.2, 0.25) is 0 Å². The zero-order chi connectivity index (χ0) is 21.9. The molecule has 0 saturated carbocycles. The lowest BCUT2D eigenvalue weighted by Crippen LogP contribution is -2.40. The van der Waals surface area contributed by atoms with Gasteiger partial charge in [-0.3, -0.25) is 9.59 Å².